The van der Waals surface area contributed by atoms with E-state index in [1.165, 1.54) is 0 Å². The predicted octanol–water partition coefficient (Wildman–Crippen LogP) is 3.50. The average Bonchev–Trinajstić information content (AvgIpc) is 2.52. The molecule has 3 heteroatoms. The smallest absolute Gasteiger partial charge is 0.182 e. The molecule has 3 nitrogen and oxygen atoms in total. The van der Waals surface area contributed by atoms with Crippen LogP contribution in [-0.2, 0) is 16.0 Å². The summed E-state index contributed by atoms with van der Waals surface area (Å²) >= 11 is 0. The van der Waals surface area contributed by atoms with E-state index in [2.05, 4.69) is 6.58 Å². The lowest BCUT2D eigenvalue weighted by Crippen LogP contribution is -2.42. The van der Waals surface area contributed by atoms with Gasteiger partial charge in [-0.1, -0.05) is 18.7 Å². The molecule has 1 N–H and O–H groups in total. The van der Waals surface area contributed by atoms with Crippen LogP contribution in [0.2, 0.25) is 0 Å². The fraction of sp³-hybridized carbons (Fsp3) is 0.316. The first kappa shape index (κ1) is 14.8. The zero-order chi connectivity index (χ0) is 16.1. The number of benzene rings is 1. The molecule has 22 heavy (non-hydrogen) atoms. The van der Waals surface area contributed by atoms with Crippen molar-refractivity contribution in [2.24, 2.45) is 0 Å². The van der Waals surface area contributed by atoms with E-state index < -0.39 is 5.60 Å². The fourth-order valence-corrected chi connectivity index (χ4v) is 3.76. The van der Waals surface area contributed by atoms with Crippen LogP contribution < -0.4 is 0 Å². The number of ketones is 1. The van der Waals surface area contributed by atoms with Gasteiger partial charge in [0.1, 0.15) is 11.4 Å². The Labute approximate surface area is 130 Å². The van der Waals surface area contributed by atoms with Gasteiger partial charge in [0.05, 0.1) is 0 Å². The van der Waals surface area contributed by atoms with Gasteiger partial charge in [0.2, 0.25) is 0 Å². The minimum absolute atomic E-state index is 0.00356. The minimum atomic E-state index is -0.615. The van der Waals surface area contributed by atoms with E-state index in [0.29, 0.717) is 11.3 Å². The van der Waals surface area contributed by atoms with Gasteiger partial charge >= 0.3 is 0 Å². The number of methoxy groups -OCH3 is 1. The molecule has 0 amide bonds. The van der Waals surface area contributed by atoms with Crippen LogP contribution in [-0.4, -0.2) is 23.6 Å². The van der Waals surface area contributed by atoms with Crippen LogP contribution in [0.1, 0.15) is 30.0 Å². The number of hydrogen-bond acceptors (Lipinski definition) is 3. The predicted molar refractivity (Wildman–Crippen MR) is 86.8 cm³/mol. The Hall–Kier alpha value is -2.13. The standard InChI is InChI=1S/C19H20O3/c1-5-15-12(3)18(21)10-16-14-6-7-17(20)11(2)13(14)8-9-19(15,16)22-4/h5-7,10,20H,1,8-9H2,2-4H3/t19-/m1/s1. The number of allylic oxidation sites excluding steroid dienone is 2. The Morgan fingerprint density at radius 2 is 2.09 bits per heavy atom. The highest BCUT2D eigenvalue weighted by Gasteiger charge is 2.45. The molecule has 0 spiro atoms. The number of hydrogen-bond donors (Lipinski definition) is 1. The van der Waals surface area contributed by atoms with Gasteiger partial charge in [0.25, 0.3) is 0 Å². The zero-order valence-electron chi connectivity index (χ0n) is 13.2. The Morgan fingerprint density at radius 1 is 1.36 bits per heavy atom. The van der Waals surface area contributed by atoms with Gasteiger partial charge in [0.15, 0.2) is 5.78 Å². The van der Waals surface area contributed by atoms with E-state index in [4.69, 9.17) is 4.74 Å². The molecule has 0 saturated carbocycles. The first-order valence-corrected chi connectivity index (χ1v) is 7.43. The van der Waals surface area contributed by atoms with Gasteiger partial charge in [0, 0.05) is 12.7 Å². The SMILES string of the molecule is C=CC1=C(C)C(=O)C=C2c3ccc(O)c(C)c3CC[C@]21OC. The lowest BCUT2D eigenvalue weighted by atomic mass is 9.67. The molecule has 0 aromatic heterocycles. The number of rotatable bonds is 2. The van der Waals surface area contributed by atoms with Crippen LogP contribution in [0.3, 0.4) is 0 Å². The lowest BCUT2D eigenvalue weighted by molar-refractivity contribution is -0.111. The zero-order valence-corrected chi connectivity index (χ0v) is 13.2. The van der Waals surface area contributed by atoms with Crippen molar-refractivity contribution in [1.29, 1.82) is 0 Å². The highest BCUT2D eigenvalue weighted by molar-refractivity contribution is 6.13. The molecule has 0 unspecified atom stereocenters. The molecular weight excluding hydrogens is 276 g/mol. The van der Waals surface area contributed by atoms with E-state index in [-0.39, 0.29) is 5.78 Å². The maximum absolute atomic E-state index is 12.4. The largest absolute Gasteiger partial charge is 0.508 e. The number of aromatic hydroxyl groups is 1. The minimum Gasteiger partial charge on any atom is -0.508 e. The van der Waals surface area contributed by atoms with Crippen molar-refractivity contribution in [3.63, 3.8) is 0 Å². The molecular formula is C19H20O3. The summed E-state index contributed by atoms with van der Waals surface area (Å²) in [5.74, 6) is 0.290. The summed E-state index contributed by atoms with van der Waals surface area (Å²) in [6.07, 6.45) is 4.94. The maximum atomic E-state index is 12.4. The first-order valence-electron chi connectivity index (χ1n) is 7.43. The Bertz CT molecular complexity index is 752. The molecule has 114 valence electrons. The second-order valence-corrected chi connectivity index (χ2v) is 5.93. The van der Waals surface area contributed by atoms with Crippen molar-refractivity contribution in [2.75, 3.05) is 7.11 Å². The van der Waals surface area contributed by atoms with Crippen molar-refractivity contribution in [2.45, 2.75) is 32.3 Å². The average molecular weight is 296 g/mol. The summed E-state index contributed by atoms with van der Waals surface area (Å²) in [5.41, 5.74) is 4.77. The number of fused-ring (bicyclic) bond motifs is 3. The third-order valence-electron chi connectivity index (χ3n) is 5.06. The Kier molecular flexibility index (Phi) is 3.33. The van der Waals surface area contributed by atoms with Crippen molar-refractivity contribution >= 4 is 11.4 Å². The molecule has 1 atom stereocenters. The van der Waals surface area contributed by atoms with Gasteiger partial charge < -0.3 is 9.84 Å². The number of phenolic OH excluding ortho intramolecular Hbond substituents is 1. The maximum Gasteiger partial charge on any atom is 0.182 e. The van der Waals surface area contributed by atoms with E-state index in [9.17, 15) is 9.90 Å². The van der Waals surface area contributed by atoms with Crippen molar-refractivity contribution in [3.05, 3.63) is 58.7 Å². The topological polar surface area (TPSA) is 46.5 Å². The van der Waals surface area contributed by atoms with Crippen LogP contribution in [0.4, 0.5) is 0 Å². The molecule has 2 aliphatic rings. The summed E-state index contributed by atoms with van der Waals surface area (Å²) in [6, 6.07) is 3.56. The molecule has 0 saturated heterocycles. The highest BCUT2D eigenvalue weighted by atomic mass is 16.5. The quantitative estimate of drug-likeness (QED) is 0.908. The molecule has 2 aliphatic carbocycles. The van der Waals surface area contributed by atoms with E-state index in [1.54, 1.807) is 25.3 Å². The third kappa shape index (κ3) is 1.75. The fourth-order valence-electron chi connectivity index (χ4n) is 3.76. The van der Waals surface area contributed by atoms with Crippen molar-refractivity contribution in [1.82, 2.24) is 0 Å². The number of ether oxygens (including phenoxy) is 1. The molecule has 0 heterocycles. The van der Waals surface area contributed by atoms with Crippen LogP contribution in [0.25, 0.3) is 5.57 Å². The van der Waals surface area contributed by atoms with Gasteiger partial charge in [-0.25, -0.2) is 0 Å². The van der Waals surface area contributed by atoms with Crippen molar-refractivity contribution in [3.8, 4) is 5.75 Å². The summed E-state index contributed by atoms with van der Waals surface area (Å²) < 4.78 is 5.92. The Balaban J connectivity index is 2.31. The molecule has 0 bridgehead atoms. The second kappa shape index (κ2) is 4.96. The van der Waals surface area contributed by atoms with Gasteiger partial charge in [-0.05, 0) is 66.7 Å². The van der Waals surface area contributed by atoms with E-state index in [1.807, 2.05) is 19.9 Å². The van der Waals surface area contributed by atoms with Crippen LogP contribution in [0, 0.1) is 6.92 Å². The molecule has 0 aliphatic heterocycles. The summed E-state index contributed by atoms with van der Waals surface area (Å²) in [7, 11) is 1.68. The molecule has 1 aromatic carbocycles. The molecule has 0 fully saturated rings. The summed E-state index contributed by atoms with van der Waals surface area (Å²) in [6.45, 7) is 7.62. The Morgan fingerprint density at radius 3 is 2.73 bits per heavy atom. The normalized spacial score (nSPS) is 23.8. The second-order valence-electron chi connectivity index (χ2n) is 5.93. The van der Waals surface area contributed by atoms with Gasteiger partial charge in [-0.15, -0.1) is 0 Å². The van der Waals surface area contributed by atoms with Crippen molar-refractivity contribution < 1.29 is 14.6 Å². The van der Waals surface area contributed by atoms with E-state index >= 15 is 0 Å². The highest BCUT2D eigenvalue weighted by Crippen LogP contribution is 2.50. The van der Waals surface area contributed by atoms with Crippen LogP contribution in [0.5, 0.6) is 5.75 Å². The molecule has 1 aromatic rings. The first-order chi connectivity index (χ1) is 10.5. The van der Waals surface area contributed by atoms with Gasteiger partial charge in [-0.3, -0.25) is 4.79 Å². The van der Waals surface area contributed by atoms with Crippen LogP contribution in [0.15, 0.2) is 42.0 Å². The molecule has 3 rings (SSSR count). The number of carbonyl (C=O) groups is 1. The third-order valence-corrected chi connectivity index (χ3v) is 5.06. The summed E-state index contributed by atoms with van der Waals surface area (Å²) in [4.78, 5) is 12.4. The van der Waals surface area contributed by atoms with Crippen LogP contribution >= 0.6 is 0 Å². The van der Waals surface area contributed by atoms with Gasteiger partial charge in [-0.2, -0.15) is 0 Å². The monoisotopic (exact) mass is 296 g/mol. The number of carbonyl (C=O) groups excluding carboxylic acids is 1. The summed E-state index contributed by atoms with van der Waals surface area (Å²) in [5, 5.41) is 9.94. The molecule has 0 radical (unpaired) electrons. The lowest BCUT2D eigenvalue weighted by Gasteiger charge is -2.43. The number of phenols is 1. The van der Waals surface area contributed by atoms with E-state index in [0.717, 1.165) is 40.7 Å².